The molecule has 202 valence electrons. The van der Waals surface area contributed by atoms with Crippen molar-refractivity contribution in [3.63, 3.8) is 0 Å². The van der Waals surface area contributed by atoms with Crippen LogP contribution in [-0.4, -0.2) is 74.9 Å². The first kappa shape index (κ1) is 30.3. The summed E-state index contributed by atoms with van der Waals surface area (Å²) in [7, 11) is 2.28. The summed E-state index contributed by atoms with van der Waals surface area (Å²) in [4.78, 5) is 61.9. The van der Waals surface area contributed by atoms with Crippen LogP contribution in [0.25, 0.3) is 0 Å². The largest absolute Gasteiger partial charge is 0.508 e. The van der Waals surface area contributed by atoms with Gasteiger partial charge in [-0.25, -0.2) is 9.59 Å². The number of benzene rings is 1. The van der Waals surface area contributed by atoms with Crippen molar-refractivity contribution in [2.75, 3.05) is 18.1 Å². The molecule has 0 aliphatic carbocycles. The molecule has 1 aliphatic heterocycles. The molecule has 1 aliphatic rings. The monoisotopic (exact) mass is 551 g/mol. The second-order valence-electron chi connectivity index (χ2n) is 9.96. The van der Waals surface area contributed by atoms with Gasteiger partial charge in [-0.2, -0.15) is 0 Å². The lowest BCUT2D eigenvalue weighted by atomic mass is 9.91. The number of hydrogen-bond acceptors (Lipinski definition) is 8. The van der Waals surface area contributed by atoms with Crippen molar-refractivity contribution in [3.8, 4) is 5.75 Å². The van der Waals surface area contributed by atoms with Gasteiger partial charge in [0.2, 0.25) is 17.7 Å². The number of phenolic OH excluding ortho intramolecular Hbond substituents is 1. The van der Waals surface area contributed by atoms with Gasteiger partial charge in [-0.05, 0) is 29.5 Å². The Hall–Kier alpha value is -2.95. The molecule has 37 heavy (non-hydrogen) atoms. The Balaban J connectivity index is 1.96. The predicted molar refractivity (Wildman–Crippen MR) is 143 cm³/mol. The lowest BCUT2D eigenvalue weighted by Gasteiger charge is -2.26. The standard InChI is InChI=1S/C25H33N3O7S2/c1-15(30)28-10-9-19(16-5-7-18(31)8-6-16)22(28)23(33)26-17(12-29)13-36-37-14-20(24(34)35)27-21(32)11-25(2,3)4/h5-8,19-20,22,31H,9-11,13-14H2,1-4H3,(H,26,33)(H,27,32)(H,34,35)/t19-,20-,22+/m0/s1. The Morgan fingerprint density at radius 3 is 2.35 bits per heavy atom. The number of carbonyl (C=O) groups is 4. The summed E-state index contributed by atoms with van der Waals surface area (Å²) in [5.74, 6) is -0.733. The van der Waals surface area contributed by atoms with Gasteiger partial charge in [0.15, 0.2) is 0 Å². The molecule has 1 aromatic rings. The highest BCUT2D eigenvalue weighted by Crippen LogP contribution is 2.35. The zero-order chi connectivity index (χ0) is 27.8. The van der Waals surface area contributed by atoms with E-state index >= 15 is 0 Å². The number of amides is 3. The van der Waals surface area contributed by atoms with Gasteiger partial charge in [-0.1, -0.05) is 54.5 Å². The van der Waals surface area contributed by atoms with Gasteiger partial charge in [0, 0.05) is 31.6 Å². The fourth-order valence-corrected chi connectivity index (χ4v) is 6.06. The van der Waals surface area contributed by atoms with Crippen molar-refractivity contribution < 1.29 is 34.2 Å². The summed E-state index contributed by atoms with van der Waals surface area (Å²) in [5.41, 5.74) is 0.470. The highest BCUT2D eigenvalue weighted by Gasteiger charge is 2.41. The van der Waals surface area contributed by atoms with E-state index < -0.39 is 24.0 Å². The van der Waals surface area contributed by atoms with E-state index in [1.165, 1.54) is 24.0 Å². The molecule has 0 bridgehead atoms. The van der Waals surface area contributed by atoms with E-state index in [4.69, 9.17) is 0 Å². The minimum absolute atomic E-state index is 0.0361. The van der Waals surface area contributed by atoms with Crippen molar-refractivity contribution in [2.45, 2.75) is 58.5 Å². The zero-order valence-electron chi connectivity index (χ0n) is 21.3. The van der Waals surface area contributed by atoms with Crippen LogP contribution in [0.1, 0.15) is 52.0 Å². The first-order valence-corrected chi connectivity index (χ1v) is 14.2. The van der Waals surface area contributed by atoms with Gasteiger partial charge < -0.3 is 25.7 Å². The van der Waals surface area contributed by atoms with Gasteiger partial charge in [0.05, 0.1) is 5.75 Å². The Bertz CT molecular complexity index is 1050. The maximum absolute atomic E-state index is 13.2. The second kappa shape index (κ2) is 13.6. The average molecular weight is 552 g/mol. The quantitative estimate of drug-likeness (QED) is 0.184. The van der Waals surface area contributed by atoms with Crippen LogP contribution >= 0.6 is 21.6 Å². The number of likely N-dealkylation sites (tertiary alicyclic amines) is 1. The van der Waals surface area contributed by atoms with Gasteiger partial charge in [-0.15, -0.1) is 0 Å². The molecular formula is C25H33N3O7S2. The Morgan fingerprint density at radius 2 is 1.81 bits per heavy atom. The highest BCUT2D eigenvalue weighted by atomic mass is 33.1. The molecule has 4 N–H and O–H groups in total. The summed E-state index contributed by atoms with van der Waals surface area (Å²) in [5, 5.41) is 24.1. The molecule has 1 heterocycles. The van der Waals surface area contributed by atoms with Crippen LogP contribution in [-0.2, 0) is 24.0 Å². The van der Waals surface area contributed by atoms with Gasteiger partial charge in [0.1, 0.15) is 29.5 Å². The minimum atomic E-state index is -1.17. The molecule has 0 aromatic heterocycles. The van der Waals surface area contributed by atoms with Crippen LogP contribution in [0.2, 0.25) is 0 Å². The number of phenols is 1. The van der Waals surface area contributed by atoms with Crippen LogP contribution in [0.15, 0.2) is 30.0 Å². The summed E-state index contributed by atoms with van der Waals surface area (Å²) in [6.07, 6.45) is 0.729. The Kier molecular flexibility index (Phi) is 11.1. The third-order valence-electron chi connectivity index (χ3n) is 5.64. The number of hydrogen-bond donors (Lipinski definition) is 4. The molecule has 3 amide bonds. The summed E-state index contributed by atoms with van der Waals surface area (Å²) >= 11 is 0. The molecule has 3 atom stereocenters. The van der Waals surface area contributed by atoms with Crippen LogP contribution in [0, 0.1) is 5.41 Å². The summed E-state index contributed by atoms with van der Waals surface area (Å²) < 4.78 is 0. The van der Waals surface area contributed by atoms with Crippen LogP contribution in [0.5, 0.6) is 5.75 Å². The van der Waals surface area contributed by atoms with Crippen molar-refractivity contribution >= 4 is 51.2 Å². The van der Waals surface area contributed by atoms with Gasteiger partial charge in [-0.3, -0.25) is 14.4 Å². The number of nitrogens with zero attached hydrogens (tertiary/aromatic N) is 1. The highest BCUT2D eigenvalue weighted by molar-refractivity contribution is 8.76. The SMILES string of the molecule is CC(=O)N1CC[C@@H](c2ccc(O)cc2)[C@@H]1C(=O)NC(=C=O)CSSC[C@H](NC(=O)CC(C)(C)C)C(=O)O. The predicted octanol–water partition coefficient (Wildman–Crippen LogP) is 2.32. The van der Waals surface area contributed by atoms with Gasteiger partial charge >= 0.3 is 5.97 Å². The first-order valence-electron chi connectivity index (χ1n) is 11.7. The van der Waals surface area contributed by atoms with Crippen LogP contribution < -0.4 is 10.6 Å². The molecule has 2 rings (SSSR count). The lowest BCUT2D eigenvalue weighted by molar-refractivity contribution is -0.141. The van der Waals surface area contributed by atoms with Crippen molar-refractivity contribution in [1.29, 1.82) is 0 Å². The topological polar surface area (TPSA) is 153 Å². The van der Waals surface area contributed by atoms with Gasteiger partial charge in [0.25, 0.3) is 0 Å². The number of carboxylic acids is 1. The molecule has 10 nitrogen and oxygen atoms in total. The summed E-state index contributed by atoms with van der Waals surface area (Å²) in [6.45, 7) is 7.39. The molecule has 0 radical (unpaired) electrons. The molecule has 1 aromatic carbocycles. The number of aromatic hydroxyl groups is 1. The summed E-state index contributed by atoms with van der Waals surface area (Å²) in [6, 6.07) is 4.50. The number of nitrogens with one attached hydrogen (secondary N) is 2. The first-order chi connectivity index (χ1) is 17.3. The minimum Gasteiger partial charge on any atom is -0.508 e. The van der Waals surface area contributed by atoms with E-state index in [1.54, 1.807) is 18.1 Å². The molecule has 1 fully saturated rings. The normalized spacial score (nSPS) is 18.0. The lowest BCUT2D eigenvalue weighted by Crippen LogP contribution is -2.47. The smallest absolute Gasteiger partial charge is 0.327 e. The third kappa shape index (κ3) is 9.46. The maximum atomic E-state index is 13.2. The number of carboxylic acid groups (broad SMARTS) is 1. The van der Waals surface area contributed by atoms with Crippen molar-refractivity contribution in [1.82, 2.24) is 15.5 Å². The van der Waals surface area contributed by atoms with Crippen LogP contribution in [0.3, 0.4) is 0 Å². The molecule has 1 saturated heterocycles. The van der Waals surface area contributed by atoms with E-state index in [0.29, 0.717) is 13.0 Å². The molecule has 0 saturated carbocycles. The third-order valence-corrected chi connectivity index (χ3v) is 7.94. The molecular weight excluding hydrogens is 518 g/mol. The van der Waals surface area contributed by atoms with Crippen LogP contribution in [0.4, 0.5) is 0 Å². The van der Waals surface area contributed by atoms with E-state index in [2.05, 4.69) is 10.6 Å². The molecule has 12 heteroatoms. The van der Waals surface area contributed by atoms with E-state index in [-0.39, 0.29) is 52.5 Å². The number of aliphatic carboxylic acids is 1. The number of carbonyl (C=O) groups excluding carboxylic acids is 4. The fourth-order valence-electron chi connectivity index (χ4n) is 3.97. The zero-order valence-corrected chi connectivity index (χ0v) is 22.9. The molecule has 0 unspecified atom stereocenters. The van der Waals surface area contributed by atoms with Crippen molar-refractivity contribution in [3.05, 3.63) is 35.5 Å². The van der Waals surface area contributed by atoms with E-state index in [9.17, 15) is 34.2 Å². The van der Waals surface area contributed by atoms with E-state index in [1.807, 2.05) is 20.8 Å². The molecule has 0 spiro atoms. The maximum Gasteiger partial charge on any atom is 0.327 e. The Morgan fingerprint density at radius 1 is 1.16 bits per heavy atom. The van der Waals surface area contributed by atoms with Crippen molar-refractivity contribution in [2.24, 2.45) is 5.41 Å². The average Bonchev–Trinajstić information content (AvgIpc) is 3.25. The van der Waals surface area contributed by atoms with E-state index in [0.717, 1.165) is 27.2 Å². The Labute approximate surface area is 224 Å². The second-order valence-corrected chi connectivity index (χ2v) is 12.5. The fraction of sp³-hybridized carbons (Fsp3) is 0.520. The number of rotatable bonds is 11.